The highest BCUT2D eigenvalue weighted by atomic mass is 16.5. The number of hydrogen-bond acceptors (Lipinski definition) is 4. The minimum absolute atomic E-state index is 0.0644. The molecule has 0 saturated carbocycles. The third-order valence-electron chi connectivity index (χ3n) is 4.21. The van der Waals surface area contributed by atoms with Crippen molar-refractivity contribution in [2.45, 2.75) is 59.4 Å². The van der Waals surface area contributed by atoms with Crippen molar-refractivity contribution in [2.24, 2.45) is 5.92 Å². The molecule has 0 aliphatic carbocycles. The van der Waals surface area contributed by atoms with E-state index in [-0.39, 0.29) is 12.1 Å². The lowest BCUT2D eigenvalue weighted by molar-refractivity contribution is 0.145. The van der Waals surface area contributed by atoms with Gasteiger partial charge < -0.3 is 20.1 Å². The van der Waals surface area contributed by atoms with E-state index >= 15 is 0 Å². The zero-order chi connectivity index (χ0) is 18.9. The SMILES string of the molecule is CC=C(C=CCC)COC(=O)NC(CNCCOC)C(CC)CCC. The summed E-state index contributed by atoms with van der Waals surface area (Å²) in [6.45, 7) is 10.8. The molecule has 1 amide bonds. The molecule has 2 N–H and O–H groups in total. The number of methoxy groups -OCH3 is 1. The summed E-state index contributed by atoms with van der Waals surface area (Å²) in [5.74, 6) is 0.439. The number of alkyl carbamates (subject to hydrolysis) is 1. The second-order valence-corrected chi connectivity index (χ2v) is 6.16. The smallest absolute Gasteiger partial charge is 0.407 e. The van der Waals surface area contributed by atoms with Gasteiger partial charge in [-0.25, -0.2) is 4.79 Å². The number of hydrogen-bond donors (Lipinski definition) is 2. The molecule has 0 bridgehead atoms. The highest BCUT2D eigenvalue weighted by Crippen LogP contribution is 2.15. The Kier molecular flexibility index (Phi) is 15.3. The molecule has 25 heavy (non-hydrogen) atoms. The van der Waals surface area contributed by atoms with E-state index < -0.39 is 0 Å². The molecule has 0 rings (SSSR count). The highest BCUT2D eigenvalue weighted by molar-refractivity contribution is 5.68. The average molecular weight is 355 g/mol. The van der Waals surface area contributed by atoms with E-state index in [0.717, 1.165) is 44.3 Å². The maximum absolute atomic E-state index is 12.2. The monoisotopic (exact) mass is 354 g/mol. The van der Waals surface area contributed by atoms with Crippen LogP contribution in [0.5, 0.6) is 0 Å². The van der Waals surface area contributed by atoms with Crippen LogP contribution in [0.25, 0.3) is 0 Å². The maximum atomic E-state index is 12.2. The van der Waals surface area contributed by atoms with E-state index in [2.05, 4.69) is 37.5 Å². The van der Waals surface area contributed by atoms with Gasteiger partial charge in [0.05, 0.1) is 6.61 Å². The molecule has 146 valence electrons. The standard InChI is InChI=1S/C20H38N2O3/c1-6-10-12-17(8-3)16-25-20(23)22-19(15-21-13-14-24-5)18(9-4)11-7-2/h8,10,12,18-19,21H,6-7,9,11,13-16H2,1-5H3,(H,22,23). The van der Waals surface area contributed by atoms with Gasteiger partial charge >= 0.3 is 6.09 Å². The quantitative estimate of drug-likeness (QED) is 0.365. The zero-order valence-corrected chi connectivity index (χ0v) is 16.8. The Morgan fingerprint density at radius 2 is 2.00 bits per heavy atom. The van der Waals surface area contributed by atoms with Gasteiger partial charge in [-0.3, -0.25) is 0 Å². The molecule has 0 fully saturated rings. The van der Waals surface area contributed by atoms with Gasteiger partial charge in [-0.2, -0.15) is 0 Å². The van der Waals surface area contributed by atoms with Crippen LogP contribution in [0.15, 0.2) is 23.8 Å². The van der Waals surface area contributed by atoms with Crippen molar-refractivity contribution in [3.8, 4) is 0 Å². The first-order valence-corrected chi connectivity index (χ1v) is 9.57. The van der Waals surface area contributed by atoms with Gasteiger partial charge in [0.2, 0.25) is 0 Å². The fourth-order valence-corrected chi connectivity index (χ4v) is 2.67. The molecule has 5 heteroatoms. The Balaban J connectivity index is 4.58. The number of ether oxygens (including phenoxy) is 2. The van der Waals surface area contributed by atoms with E-state index in [4.69, 9.17) is 9.47 Å². The molecule has 0 aromatic heterocycles. The molecule has 0 aliphatic heterocycles. The normalized spacial score (nSPS) is 14.5. The van der Waals surface area contributed by atoms with Crippen molar-refractivity contribution in [3.63, 3.8) is 0 Å². The van der Waals surface area contributed by atoms with Gasteiger partial charge in [-0.1, -0.05) is 51.8 Å². The molecule has 0 aliphatic rings. The summed E-state index contributed by atoms with van der Waals surface area (Å²) in [5.41, 5.74) is 1.01. The third-order valence-corrected chi connectivity index (χ3v) is 4.21. The molecule has 2 unspecified atom stereocenters. The van der Waals surface area contributed by atoms with Gasteiger partial charge in [0, 0.05) is 26.2 Å². The van der Waals surface area contributed by atoms with Gasteiger partial charge in [0.15, 0.2) is 0 Å². The van der Waals surface area contributed by atoms with E-state index in [0.29, 0.717) is 19.1 Å². The first-order valence-electron chi connectivity index (χ1n) is 9.57. The Hall–Kier alpha value is -1.33. The lowest BCUT2D eigenvalue weighted by atomic mass is 9.92. The number of allylic oxidation sites excluding steroid dienone is 2. The summed E-state index contributed by atoms with van der Waals surface area (Å²) < 4.78 is 10.5. The van der Waals surface area contributed by atoms with Crippen molar-refractivity contribution in [1.29, 1.82) is 0 Å². The third kappa shape index (κ3) is 11.8. The van der Waals surface area contributed by atoms with Crippen LogP contribution in [0.2, 0.25) is 0 Å². The first kappa shape index (κ1) is 23.7. The van der Waals surface area contributed by atoms with Crippen LogP contribution in [-0.2, 0) is 9.47 Å². The molecular weight excluding hydrogens is 316 g/mol. The van der Waals surface area contributed by atoms with Crippen molar-refractivity contribution in [1.82, 2.24) is 10.6 Å². The number of carbonyl (C=O) groups is 1. The predicted molar refractivity (Wildman–Crippen MR) is 105 cm³/mol. The molecule has 0 heterocycles. The minimum Gasteiger partial charge on any atom is -0.445 e. The van der Waals surface area contributed by atoms with Gasteiger partial charge in [-0.05, 0) is 31.3 Å². The number of nitrogens with one attached hydrogen (secondary N) is 2. The van der Waals surface area contributed by atoms with Gasteiger partial charge in [0.1, 0.15) is 6.61 Å². The van der Waals surface area contributed by atoms with Crippen LogP contribution in [0.4, 0.5) is 4.79 Å². The lowest BCUT2D eigenvalue weighted by Gasteiger charge is -2.27. The molecule has 0 saturated heterocycles. The number of amides is 1. The lowest BCUT2D eigenvalue weighted by Crippen LogP contribution is -2.47. The maximum Gasteiger partial charge on any atom is 0.407 e. The fraction of sp³-hybridized carbons (Fsp3) is 0.750. The number of rotatable bonds is 14. The topological polar surface area (TPSA) is 59.6 Å². The fourth-order valence-electron chi connectivity index (χ4n) is 2.67. The van der Waals surface area contributed by atoms with E-state index in [1.165, 1.54) is 0 Å². The molecule has 0 spiro atoms. The van der Waals surface area contributed by atoms with Crippen molar-refractivity contribution < 1.29 is 14.3 Å². The van der Waals surface area contributed by atoms with Gasteiger partial charge in [0.25, 0.3) is 0 Å². The first-order chi connectivity index (χ1) is 12.1. The molecule has 0 aromatic rings. The minimum atomic E-state index is -0.350. The van der Waals surface area contributed by atoms with Crippen LogP contribution in [0.1, 0.15) is 53.4 Å². The van der Waals surface area contributed by atoms with Gasteiger partial charge in [-0.15, -0.1) is 0 Å². The van der Waals surface area contributed by atoms with E-state index in [1.54, 1.807) is 7.11 Å². The molecular formula is C20H38N2O3. The second kappa shape index (κ2) is 16.2. The summed E-state index contributed by atoms with van der Waals surface area (Å²) in [7, 11) is 1.69. The summed E-state index contributed by atoms with van der Waals surface area (Å²) in [5, 5.41) is 6.40. The zero-order valence-electron chi connectivity index (χ0n) is 16.8. The Morgan fingerprint density at radius 1 is 1.24 bits per heavy atom. The average Bonchev–Trinajstić information content (AvgIpc) is 2.62. The van der Waals surface area contributed by atoms with E-state index in [9.17, 15) is 4.79 Å². The Bertz CT molecular complexity index is 394. The largest absolute Gasteiger partial charge is 0.445 e. The van der Waals surface area contributed by atoms with Crippen LogP contribution >= 0.6 is 0 Å². The Labute approximate surface area is 154 Å². The summed E-state index contributed by atoms with van der Waals surface area (Å²) >= 11 is 0. The van der Waals surface area contributed by atoms with Crippen LogP contribution in [0, 0.1) is 5.92 Å². The molecule has 5 nitrogen and oxygen atoms in total. The summed E-state index contributed by atoms with van der Waals surface area (Å²) in [6, 6.07) is 0.0644. The summed E-state index contributed by atoms with van der Waals surface area (Å²) in [6.07, 6.45) is 9.88. The molecule has 0 radical (unpaired) electrons. The van der Waals surface area contributed by atoms with E-state index in [1.807, 2.05) is 19.1 Å². The van der Waals surface area contributed by atoms with Crippen LogP contribution in [0.3, 0.4) is 0 Å². The van der Waals surface area contributed by atoms with Crippen LogP contribution in [-0.4, -0.2) is 45.5 Å². The van der Waals surface area contributed by atoms with Crippen molar-refractivity contribution in [3.05, 3.63) is 23.8 Å². The van der Waals surface area contributed by atoms with Crippen LogP contribution < -0.4 is 10.6 Å². The molecule has 2 atom stereocenters. The summed E-state index contributed by atoms with van der Waals surface area (Å²) in [4.78, 5) is 12.2. The Morgan fingerprint density at radius 3 is 2.56 bits per heavy atom. The molecule has 0 aromatic carbocycles. The second-order valence-electron chi connectivity index (χ2n) is 6.16. The van der Waals surface area contributed by atoms with Crippen molar-refractivity contribution >= 4 is 6.09 Å². The number of carbonyl (C=O) groups excluding carboxylic acids is 1. The highest BCUT2D eigenvalue weighted by Gasteiger charge is 2.21. The van der Waals surface area contributed by atoms with Crippen molar-refractivity contribution in [2.75, 3.05) is 33.4 Å². The predicted octanol–water partition coefficient (Wildman–Crippen LogP) is 4.06.